The molecule has 1 aromatic carbocycles. The zero-order valence-electron chi connectivity index (χ0n) is 11.2. The molecule has 0 saturated heterocycles. The van der Waals surface area contributed by atoms with Crippen LogP contribution in [-0.4, -0.2) is 31.3 Å². The fraction of sp³-hybridized carbons (Fsp3) is 0.385. The van der Waals surface area contributed by atoms with Crippen LogP contribution in [0, 0.1) is 11.7 Å². The summed E-state index contributed by atoms with van der Waals surface area (Å²) in [6.07, 6.45) is 0.646. The molecule has 20 heavy (non-hydrogen) atoms. The third kappa shape index (κ3) is 2.52. The van der Waals surface area contributed by atoms with E-state index in [0.29, 0.717) is 6.42 Å². The predicted molar refractivity (Wildman–Crippen MR) is 69.3 cm³/mol. The Balaban J connectivity index is 2.52. The molecule has 0 aliphatic carbocycles. The van der Waals surface area contributed by atoms with Crippen molar-refractivity contribution in [2.45, 2.75) is 26.3 Å². The van der Waals surface area contributed by atoms with Gasteiger partial charge < -0.3 is 5.11 Å². The fourth-order valence-corrected chi connectivity index (χ4v) is 2.01. The summed E-state index contributed by atoms with van der Waals surface area (Å²) in [6, 6.07) is 5.08. The highest BCUT2D eigenvalue weighted by Crippen LogP contribution is 2.27. The number of tetrazole rings is 1. The summed E-state index contributed by atoms with van der Waals surface area (Å²) in [4.78, 5) is 11.5. The van der Waals surface area contributed by atoms with Gasteiger partial charge >= 0.3 is 5.97 Å². The Hall–Kier alpha value is -2.31. The molecule has 0 spiro atoms. The van der Waals surface area contributed by atoms with Crippen LogP contribution in [0.1, 0.15) is 26.3 Å². The van der Waals surface area contributed by atoms with E-state index in [-0.39, 0.29) is 17.3 Å². The molecule has 1 aromatic heterocycles. The van der Waals surface area contributed by atoms with Crippen molar-refractivity contribution in [3.63, 3.8) is 0 Å². The molecule has 2 atom stereocenters. The van der Waals surface area contributed by atoms with Crippen LogP contribution in [0.3, 0.4) is 0 Å². The first-order chi connectivity index (χ1) is 9.56. The highest BCUT2D eigenvalue weighted by Gasteiger charge is 2.30. The van der Waals surface area contributed by atoms with Gasteiger partial charge in [-0.25, -0.2) is 13.9 Å². The molecule has 0 amide bonds. The molecule has 0 bridgehead atoms. The van der Waals surface area contributed by atoms with E-state index >= 15 is 0 Å². The highest BCUT2D eigenvalue weighted by molar-refractivity contribution is 5.73. The molecule has 2 rings (SSSR count). The van der Waals surface area contributed by atoms with Crippen molar-refractivity contribution in [3.05, 3.63) is 30.1 Å². The molecular weight excluding hydrogens is 263 g/mol. The number of benzene rings is 1. The summed E-state index contributed by atoms with van der Waals surface area (Å²) in [6.45, 7) is 3.68. The zero-order valence-corrected chi connectivity index (χ0v) is 11.2. The van der Waals surface area contributed by atoms with Gasteiger partial charge in [0.2, 0.25) is 0 Å². The second-order valence-corrected chi connectivity index (χ2v) is 4.60. The van der Waals surface area contributed by atoms with Crippen LogP contribution in [0.5, 0.6) is 0 Å². The molecule has 0 aliphatic heterocycles. The quantitative estimate of drug-likeness (QED) is 0.906. The number of aliphatic carboxylic acids is 1. The third-order valence-electron chi connectivity index (χ3n) is 3.31. The minimum Gasteiger partial charge on any atom is -0.480 e. The highest BCUT2D eigenvalue weighted by atomic mass is 19.1. The van der Waals surface area contributed by atoms with Gasteiger partial charge in [-0.05, 0) is 28.5 Å². The first kappa shape index (κ1) is 14.1. The van der Waals surface area contributed by atoms with E-state index < -0.39 is 17.8 Å². The SMILES string of the molecule is CCC(C)C(C(=O)O)n1nnnc1-c1ccccc1F. The predicted octanol–water partition coefficient (Wildman–Crippen LogP) is 2.15. The number of carboxylic acid groups (broad SMARTS) is 1. The Bertz CT molecular complexity index is 614. The second kappa shape index (κ2) is 5.77. The number of carboxylic acids is 1. The number of carbonyl (C=O) groups is 1. The van der Waals surface area contributed by atoms with E-state index in [1.165, 1.54) is 16.8 Å². The van der Waals surface area contributed by atoms with Crippen molar-refractivity contribution in [2.75, 3.05) is 0 Å². The summed E-state index contributed by atoms with van der Waals surface area (Å²) in [5.41, 5.74) is 0.187. The van der Waals surface area contributed by atoms with Crippen molar-refractivity contribution < 1.29 is 14.3 Å². The van der Waals surface area contributed by atoms with Gasteiger partial charge in [-0.2, -0.15) is 0 Å². The molecular formula is C13H15FN4O2. The standard InChI is InChI=1S/C13H15FN4O2/c1-3-8(2)11(13(19)20)18-12(15-16-17-18)9-6-4-5-7-10(9)14/h4-8,11H,3H2,1-2H3,(H,19,20). The number of rotatable bonds is 5. The van der Waals surface area contributed by atoms with E-state index in [9.17, 15) is 14.3 Å². The summed E-state index contributed by atoms with van der Waals surface area (Å²) in [5.74, 6) is -1.58. The molecule has 2 unspecified atom stereocenters. The van der Waals surface area contributed by atoms with Crippen molar-refractivity contribution >= 4 is 5.97 Å². The van der Waals surface area contributed by atoms with Crippen LogP contribution in [0.25, 0.3) is 11.4 Å². The van der Waals surface area contributed by atoms with Crippen LogP contribution in [0.2, 0.25) is 0 Å². The molecule has 0 fully saturated rings. The Labute approximate surface area is 115 Å². The van der Waals surface area contributed by atoms with E-state index in [2.05, 4.69) is 15.5 Å². The minimum absolute atomic E-state index is 0.121. The topological polar surface area (TPSA) is 80.9 Å². The minimum atomic E-state index is -1.04. The van der Waals surface area contributed by atoms with Gasteiger partial charge in [0.05, 0.1) is 5.56 Å². The average molecular weight is 278 g/mol. The van der Waals surface area contributed by atoms with Gasteiger partial charge in [-0.1, -0.05) is 32.4 Å². The molecule has 106 valence electrons. The maximum Gasteiger partial charge on any atom is 0.328 e. The number of hydrogen-bond acceptors (Lipinski definition) is 4. The average Bonchev–Trinajstić information content (AvgIpc) is 2.87. The van der Waals surface area contributed by atoms with E-state index in [1.54, 1.807) is 19.1 Å². The van der Waals surface area contributed by atoms with Crippen LogP contribution in [0.15, 0.2) is 24.3 Å². The Morgan fingerprint density at radius 1 is 1.45 bits per heavy atom. The molecule has 1 N–H and O–H groups in total. The second-order valence-electron chi connectivity index (χ2n) is 4.60. The third-order valence-corrected chi connectivity index (χ3v) is 3.31. The monoisotopic (exact) mass is 278 g/mol. The summed E-state index contributed by atoms with van der Waals surface area (Å²) >= 11 is 0. The van der Waals surface area contributed by atoms with E-state index in [4.69, 9.17) is 0 Å². The van der Waals surface area contributed by atoms with Gasteiger partial charge in [0, 0.05) is 0 Å². The molecule has 1 heterocycles. The number of aromatic nitrogens is 4. The molecule has 7 heteroatoms. The maximum atomic E-state index is 13.8. The molecule has 6 nitrogen and oxygen atoms in total. The van der Waals surface area contributed by atoms with Gasteiger partial charge in [0.25, 0.3) is 0 Å². The summed E-state index contributed by atoms with van der Waals surface area (Å²) < 4.78 is 15.0. The number of hydrogen-bond donors (Lipinski definition) is 1. The normalized spacial score (nSPS) is 13.9. The van der Waals surface area contributed by atoms with Crippen LogP contribution in [0.4, 0.5) is 4.39 Å². The van der Waals surface area contributed by atoms with Crippen molar-refractivity contribution in [2.24, 2.45) is 5.92 Å². The van der Waals surface area contributed by atoms with Crippen molar-refractivity contribution in [1.29, 1.82) is 0 Å². The Kier molecular flexibility index (Phi) is 4.07. The Morgan fingerprint density at radius 2 is 2.15 bits per heavy atom. The zero-order chi connectivity index (χ0) is 14.7. The lowest BCUT2D eigenvalue weighted by molar-refractivity contribution is -0.142. The van der Waals surface area contributed by atoms with Crippen LogP contribution >= 0.6 is 0 Å². The summed E-state index contributed by atoms with van der Waals surface area (Å²) in [7, 11) is 0. The van der Waals surface area contributed by atoms with Gasteiger partial charge in [0.1, 0.15) is 5.82 Å². The maximum absolute atomic E-state index is 13.8. The van der Waals surface area contributed by atoms with Gasteiger partial charge in [0.15, 0.2) is 11.9 Å². The number of nitrogens with zero attached hydrogens (tertiary/aromatic N) is 4. The van der Waals surface area contributed by atoms with Gasteiger partial charge in [-0.15, -0.1) is 5.10 Å². The molecule has 2 aromatic rings. The molecule has 0 radical (unpaired) electrons. The largest absolute Gasteiger partial charge is 0.480 e. The van der Waals surface area contributed by atoms with Crippen molar-refractivity contribution in [1.82, 2.24) is 20.2 Å². The lowest BCUT2D eigenvalue weighted by Crippen LogP contribution is -2.27. The number of halogens is 1. The fourth-order valence-electron chi connectivity index (χ4n) is 2.01. The lowest BCUT2D eigenvalue weighted by Gasteiger charge is -2.19. The smallest absolute Gasteiger partial charge is 0.328 e. The first-order valence-electron chi connectivity index (χ1n) is 6.31. The van der Waals surface area contributed by atoms with Crippen molar-refractivity contribution in [3.8, 4) is 11.4 Å². The molecule has 0 saturated carbocycles. The van der Waals surface area contributed by atoms with E-state index in [1.807, 2.05) is 6.92 Å². The summed E-state index contributed by atoms with van der Waals surface area (Å²) in [5, 5.41) is 20.4. The van der Waals surface area contributed by atoms with Crippen LogP contribution in [-0.2, 0) is 4.79 Å². The Morgan fingerprint density at radius 3 is 2.75 bits per heavy atom. The van der Waals surface area contributed by atoms with Crippen LogP contribution < -0.4 is 0 Å². The first-order valence-corrected chi connectivity index (χ1v) is 6.31. The lowest BCUT2D eigenvalue weighted by atomic mass is 9.99. The van der Waals surface area contributed by atoms with E-state index in [0.717, 1.165) is 0 Å². The van der Waals surface area contributed by atoms with Gasteiger partial charge in [-0.3, -0.25) is 0 Å². The molecule has 0 aliphatic rings.